The van der Waals surface area contributed by atoms with Crippen LogP contribution in [0.25, 0.3) is 0 Å². The molecule has 2 rings (SSSR count). The summed E-state index contributed by atoms with van der Waals surface area (Å²) < 4.78 is 5.07. The van der Waals surface area contributed by atoms with Gasteiger partial charge in [-0.05, 0) is 26.3 Å². The van der Waals surface area contributed by atoms with Crippen LogP contribution >= 0.6 is 0 Å². The lowest BCUT2D eigenvalue weighted by Crippen LogP contribution is -2.43. The zero-order valence-corrected chi connectivity index (χ0v) is 9.28. The average Bonchev–Trinajstić information content (AvgIpc) is 2.65. The first-order chi connectivity index (χ1) is 7.29. The van der Waals surface area contributed by atoms with Crippen molar-refractivity contribution in [3.63, 3.8) is 0 Å². The van der Waals surface area contributed by atoms with Crippen LogP contribution in [-0.2, 0) is 6.54 Å². The second kappa shape index (κ2) is 4.77. The van der Waals surface area contributed by atoms with Crippen LogP contribution in [0.15, 0.2) is 10.6 Å². The van der Waals surface area contributed by atoms with E-state index in [9.17, 15) is 0 Å². The third kappa shape index (κ3) is 2.58. The molecule has 15 heavy (non-hydrogen) atoms. The van der Waals surface area contributed by atoms with E-state index in [1.54, 1.807) is 0 Å². The summed E-state index contributed by atoms with van der Waals surface area (Å²) in [6.45, 7) is 4.68. The molecule has 1 fully saturated rings. The lowest BCUT2D eigenvalue weighted by Gasteiger charge is -2.34. The number of hydrogen-bond donors (Lipinski definition) is 1. The fourth-order valence-electron chi connectivity index (χ4n) is 2.24. The predicted octanol–water partition coefficient (Wildman–Crippen LogP) is 1.30. The van der Waals surface area contributed by atoms with E-state index in [2.05, 4.69) is 10.1 Å². The molecule has 0 amide bonds. The van der Waals surface area contributed by atoms with Gasteiger partial charge in [0.15, 0.2) is 0 Å². The topological polar surface area (TPSA) is 55.3 Å². The van der Waals surface area contributed by atoms with Crippen LogP contribution in [-0.4, -0.2) is 29.2 Å². The Bertz CT molecular complexity index is 311. The van der Waals surface area contributed by atoms with Crippen molar-refractivity contribution in [1.29, 1.82) is 0 Å². The number of aryl methyl sites for hydroxylation is 1. The molecular formula is C11H19N3O. The molecule has 0 bridgehead atoms. The molecule has 2 heterocycles. The van der Waals surface area contributed by atoms with Crippen LogP contribution < -0.4 is 5.73 Å². The molecule has 2 N–H and O–H groups in total. The molecule has 4 heteroatoms. The van der Waals surface area contributed by atoms with Crippen molar-refractivity contribution in [3.8, 4) is 0 Å². The Hall–Kier alpha value is -0.870. The van der Waals surface area contributed by atoms with Crippen molar-refractivity contribution < 1.29 is 4.52 Å². The highest BCUT2D eigenvalue weighted by molar-refractivity contribution is 5.03. The SMILES string of the molecule is Cc1cc(CN2CCCCC2CN)no1. The highest BCUT2D eigenvalue weighted by atomic mass is 16.5. The lowest BCUT2D eigenvalue weighted by atomic mass is 10.0. The van der Waals surface area contributed by atoms with Gasteiger partial charge in [-0.3, -0.25) is 4.90 Å². The summed E-state index contributed by atoms with van der Waals surface area (Å²) in [6.07, 6.45) is 3.79. The minimum Gasteiger partial charge on any atom is -0.361 e. The van der Waals surface area contributed by atoms with Gasteiger partial charge in [0.05, 0.1) is 5.69 Å². The second-order valence-electron chi connectivity index (χ2n) is 4.28. The third-order valence-electron chi connectivity index (χ3n) is 3.06. The molecule has 1 atom stereocenters. The zero-order valence-electron chi connectivity index (χ0n) is 9.28. The minimum atomic E-state index is 0.524. The van der Waals surface area contributed by atoms with E-state index >= 15 is 0 Å². The number of nitrogens with two attached hydrogens (primary N) is 1. The fraction of sp³-hybridized carbons (Fsp3) is 0.727. The van der Waals surface area contributed by atoms with Gasteiger partial charge in [-0.25, -0.2) is 0 Å². The van der Waals surface area contributed by atoms with Crippen LogP contribution in [0.4, 0.5) is 0 Å². The minimum absolute atomic E-state index is 0.524. The van der Waals surface area contributed by atoms with Crippen LogP contribution in [0, 0.1) is 6.92 Å². The first kappa shape index (κ1) is 10.6. The molecular weight excluding hydrogens is 190 g/mol. The Morgan fingerprint density at radius 1 is 1.60 bits per heavy atom. The molecule has 1 aliphatic rings. The quantitative estimate of drug-likeness (QED) is 0.815. The Balaban J connectivity index is 1.97. The zero-order chi connectivity index (χ0) is 10.7. The van der Waals surface area contributed by atoms with Crippen molar-refractivity contribution in [2.45, 2.75) is 38.8 Å². The number of piperidine rings is 1. The Labute approximate surface area is 90.4 Å². The highest BCUT2D eigenvalue weighted by Crippen LogP contribution is 2.18. The highest BCUT2D eigenvalue weighted by Gasteiger charge is 2.21. The van der Waals surface area contributed by atoms with Gasteiger partial charge < -0.3 is 10.3 Å². The van der Waals surface area contributed by atoms with Crippen LogP contribution in [0.1, 0.15) is 30.7 Å². The monoisotopic (exact) mass is 209 g/mol. The largest absolute Gasteiger partial charge is 0.361 e. The maximum atomic E-state index is 5.77. The number of nitrogens with zero attached hydrogens (tertiary/aromatic N) is 2. The number of aromatic nitrogens is 1. The smallest absolute Gasteiger partial charge is 0.133 e. The van der Waals surface area contributed by atoms with Crippen molar-refractivity contribution >= 4 is 0 Å². The van der Waals surface area contributed by atoms with Gasteiger partial charge in [-0.15, -0.1) is 0 Å². The first-order valence-corrected chi connectivity index (χ1v) is 5.66. The lowest BCUT2D eigenvalue weighted by molar-refractivity contribution is 0.141. The van der Waals surface area contributed by atoms with E-state index in [-0.39, 0.29) is 0 Å². The number of likely N-dealkylation sites (tertiary alicyclic amines) is 1. The summed E-state index contributed by atoms with van der Waals surface area (Å²) in [5.41, 5.74) is 6.79. The summed E-state index contributed by atoms with van der Waals surface area (Å²) in [6, 6.07) is 2.53. The number of rotatable bonds is 3. The van der Waals surface area contributed by atoms with Gasteiger partial charge in [-0.1, -0.05) is 11.6 Å². The van der Waals surface area contributed by atoms with Crippen molar-refractivity contribution in [3.05, 3.63) is 17.5 Å². The van der Waals surface area contributed by atoms with E-state index in [1.807, 2.05) is 13.0 Å². The third-order valence-corrected chi connectivity index (χ3v) is 3.06. The van der Waals surface area contributed by atoms with E-state index in [0.29, 0.717) is 6.04 Å². The Morgan fingerprint density at radius 3 is 3.13 bits per heavy atom. The van der Waals surface area contributed by atoms with Gasteiger partial charge >= 0.3 is 0 Å². The van der Waals surface area contributed by atoms with Gasteiger partial charge in [0.1, 0.15) is 5.76 Å². The molecule has 1 saturated heterocycles. The van der Waals surface area contributed by atoms with E-state index in [1.165, 1.54) is 19.3 Å². The standard InChI is InChI=1S/C11H19N3O/c1-9-6-10(13-15-9)8-14-5-3-2-4-11(14)7-12/h6,11H,2-5,7-8,12H2,1H3. The van der Waals surface area contributed by atoms with E-state index < -0.39 is 0 Å². The molecule has 0 spiro atoms. The Morgan fingerprint density at radius 2 is 2.47 bits per heavy atom. The fourth-order valence-corrected chi connectivity index (χ4v) is 2.24. The van der Waals surface area contributed by atoms with Crippen molar-refractivity contribution in [1.82, 2.24) is 10.1 Å². The van der Waals surface area contributed by atoms with Gasteiger partial charge in [0.25, 0.3) is 0 Å². The van der Waals surface area contributed by atoms with Crippen LogP contribution in [0.3, 0.4) is 0 Å². The average molecular weight is 209 g/mol. The molecule has 0 saturated carbocycles. The molecule has 0 aromatic carbocycles. The summed E-state index contributed by atoms with van der Waals surface area (Å²) in [5.74, 6) is 0.881. The maximum Gasteiger partial charge on any atom is 0.133 e. The van der Waals surface area contributed by atoms with Crippen molar-refractivity contribution in [2.24, 2.45) is 5.73 Å². The molecule has 1 aliphatic heterocycles. The van der Waals surface area contributed by atoms with E-state index in [0.717, 1.165) is 31.1 Å². The maximum absolute atomic E-state index is 5.77. The second-order valence-corrected chi connectivity index (χ2v) is 4.28. The summed E-state index contributed by atoms with van der Waals surface area (Å²) in [5, 5.41) is 4.02. The normalized spacial score (nSPS) is 23.2. The molecule has 1 aromatic heterocycles. The summed E-state index contributed by atoms with van der Waals surface area (Å²) in [4.78, 5) is 2.42. The summed E-state index contributed by atoms with van der Waals surface area (Å²) in [7, 11) is 0. The van der Waals surface area contributed by atoms with E-state index in [4.69, 9.17) is 10.3 Å². The molecule has 4 nitrogen and oxygen atoms in total. The summed E-state index contributed by atoms with van der Waals surface area (Å²) >= 11 is 0. The van der Waals surface area contributed by atoms with Gasteiger partial charge in [0, 0.05) is 25.2 Å². The first-order valence-electron chi connectivity index (χ1n) is 5.66. The van der Waals surface area contributed by atoms with Crippen LogP contribution in [0.2, 0.25) is 0 Å². The molecule has 1 unspecified atom stereocenters. The predicted molar refractivity (Wildman–Crippen MR) is 58.3 cm³/mol. The molecule has 84 valence electrons. The molecule has 0 radical (unpaired) electrons. The Kier molecular flexibility index (Phi) is 3.38. The molecule has 0 aliphatic carbocycles. The molecule has 1 aromatic rings. The van der Waals surface area contributed by atoms with Crippen molar-refractivity contribution in [2.75, 3.05) is 13.1 Å². The van der Waals surface area contributed by atoms with Gasteiger partial charge in [0.2, 0.25) is 0 Å². The van der Waals surface area contributed by atoms with Crippen LogP contribution in [0.5, 0.6) is 0 Å². The van der Waals surface area contributed by atoms with Gasteiger partial charge in [-0.2, -0.15) is 0 Å². The number of hydrogen-bond acceptors (Lipinski definition) is 4.